The molecule has 2 aliphatic rings. The summed E-state index contributed by atoms with van der Waals surface area (Å²) >= 11 is 0. The Morgan fingerprint density at radius 2 is 2.09 bits per heavy atom. The molecule has 0 amide bonds. The monoisotopic (exact) mass is 151 g/mol. The number of piperidine rings is 1. The van der Waals surface area contributed by atoms with Crippen molar-refractivity contribution >= 4 is 0 Å². The molecule has 0 saturated carbocycles. The third-order valence-electron chi connectivity index (χ3n) is 2.75. The van der Waals surface area contributed by atoms with Crippen LogP contribution in [0.3, 0.4) is 0 Å². The molecule has 61 valence electrons. The smallest absolute Gasteiger partial charge is 0.0142 e. The average Bonchev–Trinajstić information content (AvgIpc) is 2.07. The molecule has 2 aliphatic heterocycles. The first kappa shape index (κ1) is 7.32. The molecule has 11 heavy (non-hydrogen) atoms. The van der Waals surface area contributed by atoms with Gasteiger partial charge in [0.05, 0.1) is 0 Å². The Labute approximate surface area is 68.1 Å². The second-order valence-electron chi connectivity index (χ2n) is 3.57. The van der Waals surface area contributed by atoms with Crippen molar-refractivity contribution in [1.29, 1.82) is 0 Å². The van der Waals surface area contributed by atoms with Crippen molar-refractivity contribution < 1.29 is 0 Å². The minimum Gasteiger partial charge on any atom is -0.312 e. The van der Waals surface area contributed by atoms with Gasteiger partial charge in [-0.2, -0.15) is 0 Å². The maximum absolute atomic E-state index is 4.36. The lowest BCUT2D eigenvalue weighted by atomic mass is 9.77. The molecule has 2 rings (SSSR count). The van der Waals surface area contributed by atoms with Crippen molar-refractivity contribution in [3.8, 4) is 0 Å². The minimum atomic E-state index is 0.472. The molecule has 2 heterocycles. The fraction of sp³-hybridized carbons (Fsp3) is 0.778. The molecule has 2 heteroatoms. The summed E-state index contributed by atoms with van der Waals surface area (Å²) in [5.74, 6) is 0. The van der Waals surface area contributed by atoms with E-state index in [0.717, 1.165) is 19.6 Å². The SMILES string of the molecule is C1=CC2(CC[N]CC2)CNC1. The molecule has 0 atom stereocenters. The van der Waals surface area contributed by atoms with Crippen LogP contribution in [-0.2, 0) is 0 Å². The molecule has 2 nitrogen and oxygen atoms in total. The Morgan fingerprint density at radius 1 is 1.27 bits per heavy atom. The van der Waals surface area contributed by atoms with E-state index in [2.05, 4.69) is 22.8 Å². The van der Waals surface area contributed by atoms with Crippen LogP contribution in [-0.4, -0.2) is 26.2 Å². The highest BCUT2D eigenvalue weighted by Gasteiger charge is 2.30. The van der Waals surface area contributed by atoms with Crippen molar-refractivity contribution in [2.45, 2.75) is 12.8 Å². The van der Waals surface area contributed by atoms with E-state index < -0.39 is 0 Å². The second kappa shape index (κ2) is 2.95. The average molecular weight is 151 g/mol. The Morgan fingerprint density at radius 3 is 2.73 bits per heavy atom. The number of rotatable bonds is 0. The van der Waals surface area contributed by atoms with Gasteiger partial charge in [-0.15, -0.1) is 0 Å². The van der Waals surface area contributed by atoms with Gasteiger partial charge in [0, 0.05) is 31.6 Å². The molecule has 1 saturated heterocycles. The zero-order chi connectivity index (χ0) is 7.57. The highest BCUT2D eigenvalue weighted by molar-refractivity contribution is 5.07. The van der Waals surface area contributed by atoms with Gasteiger partial charge in [0.15, 0.2) is 0 Å². The molecular weight excluding hydrogens is 136 g/mol. The Hall–Kier alpha value is -0.340. The van der Waals surface area contributed by atoms with E-state index in [9.17, 15) is 0 Å². The minimum absolute atomic E-state index is 0.472. The van der Waals surface area contributed by atoms with Crippen molar-refractivity contribution in [3.63, 3.8) is 0 Å². The van der Waals surface area contributed by atoms with Gasteiger partial charge in [-0.3, -0.25) is 0 Å². The molecule has 1 spiro atoms. The summed E-state index contributed by atoms with van der Waals surface area (Å²) in [6.07, 6.45) is 7.15. The number of hydrogen-bond acceptors (Lipinski definition) is 1. The van der Waals surface area contributed by atoms with Gasteiger partial charge in [-0.25, -0.2) is 5.32 Å². The van der Waals surface area contributed by atoms with E-state index in [4.69, 9.17) is 0 Å². The zero-order valence-corrected chi connectivity index (χ0v) is 6.84. The van der Waals surface area contributed by atoms with Crippen LogP contribution in [0.2, 0.25) is 0 Å². The largest absolute Gasteiger partial charge is 0.312 e. The zero-order valence-electron chi connectivity index (χ0n) is 6.84. The maximum Gasteiger partial charge on any atom is 0.0142 e. The van der Waals surface area contributed by atoms with Gasteiger partial charge < -0.3 is 5.32 Å². The fourth-order valence-corrected chi connectivity index (χ4v) is 1.96. The summed E-state index contributed by atoms with van der Waals surface area (Å²) in [5.41, 5.74) is 0.472. The van der Waals surface area contributed by atoms with E-state index in [1.807, 2.05) is 0 Å². The van der Waals surface area contributed by atoms with E-state index in [0.29, 0.717) is 5.41 Å². The first-order chi connectivity index (χ1) is 5.41. The van der Waals surface area contributed by atoms with Gasteiger partial charge in [0.1, 0.15) is 0 Å². The van der Waals surface area contributed by atoms with E-state index in [1.165, 1.54) is 19.4 Å². The quantitative estimate of drug-likeness (QED) is 0.502. The normalized spacial score (nSPS) is 29.1. The van der Waals surface area contributed by atoms with Gasteiger partial charge in [0.25, 0.3) is 0 Å². The van der Waals surface area contributed by atoms with Crippen LogP contribution < -0.4 is 10.6 Å². The van der Waals surface area contributed by atoms with Gasteiger partial charge in [-0.1, -0.05) is 12.2 Å². The van der Waals surface area contributed by atoms with Crippen LogP contribution in [0.15, 0.2) is 12.2 Å². The molecule has 1 fully saturated rings. The lowest BCUT2D eigenvalue weighted by molar-refractivity contribution is 0.252. The van der Waals surface area contributed by atoms with Crippen LogP contribution in [0.1, 0.15) is 12.8 Å². The van der Waals surface area contributed by atoms with Crippen LogP contribution in [0, 0.1) is 5.41 Å². The summed E-state index contributed by atoms with van der Waals surface area (Å²) in [7, 11) is 0. The van der Waals surface area contributed by atoms with Crippen LogP contribution in [0.5, 0.6) is 0 Å². The Balaban J connectivity index is 2.06. The third kappa shape index (κ3) is 1.47. The molecule has 0 aromatic rings. The van der Waals surface area contributed by atoms with Crippen molar-refractivity contribution in [3.05, 3.63) is 12.2 Å². The first-order valence-corrected chi connectivity index (χ1v) is 4.43. The second-order valence-corrected chi connectivity index (χ2v) is 3.57. The van der Waals surface area contributed by atoms with Crippen LogP contribution in [0.25, 0.3) is 0 Å². The highest BCUT2D eigenvalue weighted by atomic mass is 14.9. The number of nitrogens with one attached hydrogen (secondary N) is 1. The molecule has 0 aromatic carbocycles. The molecule has 1 N–H and O–H groups in total. The summed E-state index contributed by atoms with van der Waals surface area (Å²) in [5, 5.41) is 7.78. The predicted molar refractivity (Wildman–Crippen MR) is 45.5 cm³/mol. The van der Waals surface area contributed by atoms with Gasteiger partial charge in [0.2, 0.25) is 0 Å². The van der Waals surface area contributed by atoms with Crippen molar-refractivity contribution in [1.82, 2.24) is 10.6 Å². The van der Waals surface area contributed by atoms with E-state index in [1.54, 1.807) is 0 Å². The predicted octanol–water partition coefficient (Wildman–Crippen LogP) is 0.530. The maximum atomic E-state index is 4.36. The lowest BCUT2D eigenvalue weighted by Crippen LogP contribution is -2.42. The van der Waals surface area contributed by atoms with Gasteiger partial charge >= 0.3 is 0 Å². The molecule has 0 unspecified atom stereocenters. The summed E-state index contributed by atoms with van der Waals surface area (Å²) in [6.45, 7) is 4.34. The van der Waals surface area contributed by atoms with E-state index >= 15 is 0 Å². The summed E-state index contributed by atoms with van der Waals surface area (Å²) in [4.78, 5) is 0. The van der Waals surface area contributed by atoms with Crippen molar-refractivity contribution in [2.75, 3.05) is 26.2 Å². The molecule has 0 aliphatic carbocycles. The molecule has 0 bridgehead atoms. The highest BCUT2D eigenvalue weighted by Crippen LogP contribution is 2.31. The lowest BCUT2D eigenvalue weighted by Gasteiger charge is -2.36. The number of nitrogens with zero attached hydrogens (tertiary/aromatic N) is 1. The Kier molecular flexibility index (Phi) is 1.96. The summed E-state index contributed by atoms with van der Waals surface area (Å²) < 4.78 is 0. The number of hydrogen-bond donors (Lipinski definition) is 1. The topological polar surface area (TPSA) is 26.1 Å². The molecule has 1 radical (unpaired) electrons. The third-order valence-corrected chi connectivity index (χ3v) is 2.75. The van der Waals surface area contributed by atoms with Gasteiger partial charge in [-0.05, 0) is 12.8 Å². The van der Waals surface area contributed by atoms with Crippen molar-refractivity contribution in [2.24, 2.45) is 5.41 Å². The fourth-order valence-electron chi connectivity index (χ4n) is 1.96. The standard InChI is InChI=1S/C9H15N2/c1-2-9(8-11-5-1)3-6-10-7-4-9/h1-2,11H,3-8H2. The van der Waals surface area contributed by atoms with E-state index in [-0.39, 0.29) is 0 Å². The van der Waals surface area contributed by atoms with Crippen LogP contribution in [0.4, 0.5) is 0 Å². The Bertz CT molecular complexity index is 157. The van der Waals surface area contributed by atoms with Crippen LogP contribution >= 0.6 is 0 Å². The first-order valence-electron chi connectivity index (χ1n) is 4.43. The molecule has 0 aromatic heterocycles. The summed E-state index contributed by atoms with van der Waals surface area (Å²) in [6, 6.07) is 0. The molecular formula is C9H15N2.